The number of hydrogen-bond acceptors (Lipinski definition) is 4. The molecule has 1 aromatic rings. The minimum Gasteiger partial charge on any atom is -0.492 e. The highest BCUT2D eigenvalue weighted by molar-refractivity contribution is 5.84. The van der Waals surface area contributed by atoms with Crippen LogP contribution < -0.4 is 15.4 Å². The van der Waals surface area contributed by atoms with Crippen LogP contribution in [0.2, 0.25) is 0 Å². The Kier molecular flexibility index (Phi) is 6.31. The Hall–Kier alpha value is -1.75. The summed E-state index contributed by atoms with van der Waals surface area (Å²) in [6.45, 7) is 9.90. The molecular weight excluding hydrogens is 256 g/mol. The van der Waals surface area contributed by atoms with E-state index in [0.717, 1.165) is 18.8 Å². The van der Waals surface area contributed by atoms with Gasteiger partial charge in [0.1, 0.15) is 18.0 Å². The van der Waals surface area contributed by atoms with Crippen molar-refractivity contribution in [2.24, 2.45) is 0 Å². The van der Waals surface area contributed by atoms with Gasteiger partial charge in [-0.3, -0.25) is 5.32 Å². The highest BCUT2D eigenvalue weighted by atomic mass is 16.6. The van der Waals surface area contributed by atoms with E-state index in [2.05, 4.69) is 17.6 Å². The van der Waals surface area contributed by atoms with Crippen LogP contribution >= 0.6 is 0 Å². The predicted octanol–water partition coefficient (Wildman–Crippen LogP) is 3.02. The zero-order chi connectivity index (χ0) is 15.0. The third-order valence-corrected chi connectivity index (χ3v) is 2.30. The number of amides is 1. The molecule has 1 rings (SSSR count). The molecule has 0 aliphatic rings. The number of hydrogen-bond donors (Lipinski definition) is 2. The van der Waals surface area contributed by atoms with E-state index in [-0.39, 0.29) is 0 Å². The Bertz CT molecular complexity index is 410. The smallest absolute Gasteiger partial charge is 0.412 e. The summed E-state index contributed by atoms with van der Waals surface area (Å²) in [5.74, 6) is 0.776. The maximum absolute atomic E-state index is 11.6. The quantitative estimate of drug-likeness (QED) is 0.786. The highest BCUT2D eigenvalue weighted by Crippen LogP contribution is 2.16. The highest BCUT2D eigenvalue weighted by Gasteiger charge is 2.15. The van der Waals surface area contributed by atoms with Crippen molar-refractivity contribution in [1.82, 2.24) is 5.32 Å². The van der Waals surface area contributed by atoms with Crippen molar-refractivity contribution in [3.05, 3.63) is 24.3 Å². The zero-order valence-corrected chi connectivity index (χ0v) is 12.7. The molecule has 0 aliphatic heterocycles. The number of ether oxygens (including phenoxy) is 2. The number of anilines is 1. The molecule has 0 saturated carbocycles. The minimum atomic E-state index is -0.501. The van der Waals surface area contributed by atoms with Gasteiger partial charge in [0.15, 0.2) is 0 Å². The lowest BCUT2D eigenvalue weighted by Gasteiger charge is -2.19. The fraction of sp³-hybridized carbons (Fsp3) is 0.533. The molecule has 0 spiro atoms. The van der Waals surface area contributed by atoms with E-state index >= 15 is 0 Å². The van der Waals surface area contributed by atoms with Gasteiger partial charge in [-0.25, -0.2) is 4.79 Å². The average Bonchev–Trinajstić information content (AvgIpc) is 2.34. The molecule has 5 heteroatoms. The molecular formula is C15H24N2O3. The maximum atomic E-state index is 11.6. The van der Waals surface area contributed by atoms with Gasteiger partial charge in [-0.2, -0.15) is 0 Å². The Balaban J connectivity index is 2.40. The van der Waals surface area contributed by atoms with Crippen LogP contribution in [0.1, 0.15) is 27.7 Å². The molecule has 1 aromatic carbocycles. The van der Waals surface area contributed by atoms with Crippen LogP contribution in [0.15, 0.2) is 24.3 Å². The summed E-state index contributed by atoms with van der Waals surface area (Å²) in [6, 6.07) is 7.20. The Morgan fingerprint density at radius 1 is 1.20 bits per heavy atom. The van der Waals surface area contributed by atoms with E-state index in [4.69, 9.17) is 9.47 Å². The molecule has 112 valence electrons. The van der Waals surface area contributed by atoms with E-state index < -0.39 is 11.7 Å². The molecule has 0 aromatic heterocycles. The van der Waals surface area contributed by atoms with Gasteiger partial charge in [-0.15, -0.1) is 0 Å². The first kappa shape index (κ1) is 16.3. The van der Waals surface area contributed by atoms with Crippen LogP contribution in [-0.2, 0) is 4.74 Å². The summed E-state index contributed by atoms with van der Waals surface area (Å²) in [7, 11) is 0. The molecule has 0 fully saturated rings. The number of rotatable bonds is 6. The second kappa shape index (κ2) is 7.75. The summed E-state index contributed by atoms with van der Waals surface area (Å²) >= 11 is 0. The molecule has 0 aliphatic carbocycles. The van der Waals surface area contributed by atoms with Crippen molar-refractivity contribution in [3.63, 3.8) is 0 Å². The van der Waals surface area contributed by atoms with Gasteiger partial charge < -0.3 is 14.8 Å². The average molecular weight is 280 g/mol. The van der Waals surface area contributed by atoms with E-state index in [0.29, 0.717) is 12.3 Å². The van der Waals surface area contributed by atoms with Crippen LogP contribution in [0.25, 0.3) is 0 Å². The lowest BCUT2D eigenvalue weighted by molar-refractivity contribution is 0.0636. The summed E-state index contributed by atoms with van der Waals surface area (Å²) in [5, 5.41) is 5.85. The molecule has 0 atom stereocenters. The van der Waals surface area contributed by atoms with Gasteiger partial charge in [0.05, 0.1) is 0 Å². The largest absolute Gasteiger partial charge is 0.492 e. The zero-order valence-electron chi connectivity index (χ0n) is 12.7. The Labute approximate surface area is 120 Å². The van der Waals surface area contributed by atoms with Crippen LogP contribution in [-0.4, -0.2) is 31.4 Å². The first-order valence-electron chi connectivity index (χ1n) is 6.84. The lowest BCUT2D eigenvalue weighted by Crippen LogP contribution is -2.27. The first-order chi connectivity index (χ1) is 9.40. The number of nitrogens with one attached hydrogen (secondary N) is 2. The third-order valence-electron chi connectivity index (χ3n) is 2.30. The van der Waals surface area contributed by atoms with Gasteiger partial charge in [-0.05, 0) is 51.6 Å². The van der Waals surface area contributed by atoms with E-state index in [1.54, 1.807) is 12.1 Å². The molecule has 0 radical (unpaired) electrons. The van der Waals surface area contributed by atoms with Crippen LogP contribution in [0.3, 0.4) is 0 Å². The first-order valence-corrected chi connectivity index (χ1v) is 6.84. The molecule has 5 nitrogen and oxygen atoms in total. The van der Waals surface area contributed by atoms with E-state index in [1.807, 2.05) is 32.9 Å². The van der Waals surface area contributed by atoms with Crippen LogP contribution in [0.5, 0.6) is 5.75 Å². The summed E-state index contributed by atoms with van der Waals surface area (Å²) in [4.78, 5) is 11.6. The molecule has 0 bridgehead atoms. The standard InChI is InChI=1S/C15H24N2O3/c1-5-16-10-11-19-13-8-6-12(7-9-13)17-14(18)20-15(2,3)4/h6-9,16H,5,10-11H2,1-4H3,(H,17,18). The van der Waals surface area contributed by atoms with Crippen molar-refractivity contribution >= 4 is 11.8 Å². The van der Waals surface area contributed by atoms with Crippen LogP contribution in [0, 0.1) is 0 Å². The summed E-state index contributed by atoms with van der Waals surface area (Å²) in [6.07, 6.45) is -0.460. The monoisotopic (exact) mass is 280 g/mol. The maximum Gasteiger partial charge on any atom is 0.412 e. The van der Waals surface area contributed by atoms with Crippen LogP contribution in [0.4, 0.5) is 10.5 Å². The van der Waals surface area contributed by atoms with Crippen molar-refractivity contribution in [2.45, 2.75) is 33.3 Å². The lowest BCUT2D eigenvalue weighted by atomic mass is 10.2. The minimum absolute atomic E-state index is 0.460. The molecule has 2 N–H and O–H groups in total. The van der Waals surface area contributed by atoms with Gasteiger partial charge in [-0.1, -0.05) is 6.92 Å². The van der Waals surface area contributed by atoms with Gasteiger partial charge in [0.25, 0.3) is 0 Å². The van der Waals surface area contributed by atoms with E-state index in [1.165, 1.54) is 0 Å². The topological polar surface area (TPSA) is 59.6 Å². The second-order valence-corrected chi connectivity index (χ2v) is 5.35. The number of benzene rings is 1. The normalized spacial score (nSPS) is 11.0. The second-order valence-electron chi connectivity index (χ2n) is 5.35. The van der Waals surface area contributed by atoms with Gasteiger partial charge in [0, 0.05) is 12.2 Å². The third kappa shape index (κ3) is 6.99. The summed E-state index contributed by atoms with van der Waals surface area (Å²) < 4.78 is 10.7. The molecule has 1 amide bonds. The fourth-order valence-corrected chi connectivity index (χ4v) is 1.47. The fourth-order valence-electron chi connectivity index (χ4n) is 1.47. The van der Waals surface area contributed by atoms with Gasteiger partial charge in [0.2, 0.25) is 0 Å². The Morgan fingerprint density at radius 3 is 2.40 bits per heavy atom. The van der Waals surface area contributed by atoms with Crippen molar-refractivity contribution in [3.8, 4) is 5.75 Å². The molecule has 0 heterocycles. The van der Waals surface area contributed by atoms with Crippen molar-refractivity contribution in [1.29, 1.82) is 0 Å². The number of carbonyl (C=O) groups is 1. The summed E-state index contributed by atoms with van der Waals surface area (Å²) in [5.41, 5.74) is 0.178. The van der Waals surface area contributed by atoms with E-state index in [9.17, 15) is 4.79 Å². The van der Waals surface area contributed by atoms with Crippen molar-refractivity contribution < 1.29 is 14.3 Å². The number of carbonyl (C=O) groups excluding carboxylic acids is 1. The molecule has 20 heavy (non-hydrogen) atoms. The molecule has 0 saturated heterocycles. The molecule has 0 unspecified atom stereocenters. The van der Waals surface area contributed by atoms with Crippen molar-refractivity contribution in [2.75, 3.05) is 25.0 Å². The number of likely N-dealkylation sites (N-methyl/N-ethyl adjacent to an activating group) is 1. The van der Waals surface area contributed by atoms with Gasteiger partial charge >= 0.3 is 6.09 Å². The Morgan fingerprint density at radius 2 is 1.85 bits per heavy atom. The SMILES string of the molecule is CCNCCOc1ccc(NC(=O)OC(C)(C)C)cc1. The predicted molar refractivity (Wildman–Crippen MR) is 80.3 cm³/mol.